The molecule has 4 aromatic rings. The molecule has 1 aliphatic heterocycles. The van der Waals surface area contributed by atoms with Crippen LogP contribution in [0.25, 0.3) is 0 Å². The number of carbonyl (C=O) groups excluding carboxylic acids is 2. The van der Waals surface area contributed by atoms with Crippen LogP contribution in [-0.2, 0) is 9.59 Å². The number of hydrogen-bond acceptors (Lipinski definition) is 5. The van der Waals surface area contributed by atoms with Crippen molar-refractivity contribution < 1.29 is 14.3 Å². The molecular weight excluding hydrogens is 492 g/mol. The lowest BCUT2D eigenvalue weighted by molar-refractivity contribution is -0.120. The molecule has 4 aromatic carbocycles. The van der Waals surface area contributed by atoms with Gasteiger partial charge in [-0.2, -0.15) is 0 Å². The fraction of sp³-hybridized carbons (Fsp3) is 0.0345. The van der Waals surface area contributed by atoms with Crippen molar-refractivity contribution in [2.75, 3.05) is 16.8 Å². The monoisotopic (exact) mass is 512 g/mol. The van der Waals surface area contributed by atoms with Crippen LogP contribution in [0.1, 0.15) is 0 Å². The van der Waals surface area contributed by atoms with Gasteiger partial charge in [-0.05, 0) is 72.8 Å². The molecule has 0 spiro atoms. The average Bonchev–Trinajstić information content (AvgIpc) is 3.15. The Balaban J connectivity index is 1.47. The van der Waals surface area contributed by atoms with Gasteiger partial charge in [0.25, 0.3) is 11.8 Å². The Labute approximate surface area is 218 Å². The molecule has 0 radical (unpaired) electrons. The van der Waals surface area contributed by atoms with Crippen LogP contribution in [0.5, 0.6) is 11.5 Å². The highest BCUT2D eigenvalue weighted by Crippen LogP contribution is 2.40. The summed E-state index contributed by atoms with van der Waals surface area (Å²) in [5.74, 6) is 0.539. The number of ether oxygens (including phenoxy) is 1. The number of para-hydroxylation sites is 2. The molecule has 2 amide bonds. The quantitative estimate of drug-likeness (QED) is 0.246. The lowest BCUT2D eigenvalue weighted by Crippen LogP contribution is -2.34. The Morgan fingerprint density at radius 2 is 1.31 bits per heavy atom. The minimum atomic E-state index is -0.389. The van der Waals surface area contributed by atoms with Crippen molar-refractivity contribution in [2.24, 2.45) is 0 Å². The molecule has 0 bridgehead atoms. The van der Waals surface area contributed by atoms with E-state index in [0.29, 0.717) is 32.8 Å². The minimum absolute atomic E-state index is 0.316. The highest BCUT2D eigenvalue weighted by Gasteiger charge is 2.42. The number of hydrogen-bond donors (Lipinski definition) is 0. The number of likely N-dealkylation sites (N-methyl/N-ethyl adjacent to an activating group) is 1. The highest BCUT2D eigenvalue weighted by molar-refractivity contribution is 8.04. The zero-order valence-electron chi connectivity index (χ0n) is 19.3. The Kier molecular flexibility index (Phi) is 6.80. The van der Waals surface area contributed by atoms with Crippen LogP contribution >= 0.6 is 23.4 Å². The summed E-state index contributed by atoms with van der Waals surface area (Å²) in [5.41, 5.74) is 1.59. The summed E-state index contributed by atoms with van der Waals surface area (Å²) in [6.45, 7) is 0. The van der Waals surface area contributed by atoms with Crippen LogP contribution in [-0.4, -0.2) is 18.9 Å². The Hall–Kier alpha value is -4.00. The molecule has 36 heavy (non-hydrogen) atoms. The van der Waals surface area contributed by atoms with Crippen molar-refractivity contribution in [1.82, 2.24) is 0 Å². The Morgan fingerprint density at radius 3 is 1.94 bits per heavy atom. The molecule has 0 aliphatic carbocycles. The average molecular weight is 513 g/mol. The fourth-order valence-electron chi connectivity index (χ4n) is 3.81. The standard InChI is InChI=1S/C29H21ClN2O3S/c1-31(21-8-4-2-5-9-21)26-27(36-25-18-12-20(30)13-19-25)29(34)32(28(26)33)22-14-16-24(17-15-22)35-23-10-6-3-7-11-23/h2-19H,1H3. The summed E-state index contributed by atoms with van der Waals surface area (Å²) in [5, 5.41) is 0.600. The third-order valence-corrected chi connectivity index (χ3v) is 6.94. The summed E-state index contributed by atoms with van der Waals surface area (Å²) in [4.78, 5) is 31.5. The van der Waals surface area contributed by atoms with E-state index >= 15 is 0 Å². The van der Waals surface area contributed by atoms with E-state index in [1.807, 2.05) is 72.8 Å². The SMILES string of the molecule is CN(C1=C(Sc2ccc(Cl)cc2)C(=O)N(c2ccc(Oc3ccccc3)cc2)C1=O)c1ccccc1. The van der Waals surface area contributed by atoms with Crippen molar-refractivity contribution in [2.45, 2.75) is 4.90 Å². The summed E-state index contributed by atoms with van der Waals surface area (Å²) < 4.78 is 5.85. The highest BCUT2D eigenvalue weighted by atomic mass is 35.5. The van der Waals surface area contributed by atoms with Gasteiger partial charge < -0.3 is 9.64 Å². The van der Waals surface area contributed by atoms with Crippen LogP contribution in [0.4, 0.5) is 11.4 Å². The lowest BCUT2D eigenvalue weighted by Gasteiger charge is -2.21. The maximum atomic E-state index is 13.7. The van der Waals surface area contributed by atoms with E-state index < -0.39 is 0 Å². The third-order valence-electron chi connectivity index (χ3n) is 5.60. The zero-order chi connectivity index (χ0) is 25.1. The van der Waals surface area contributed by atoms with E-state index in [1.54, 1.807) is 48.3 Å². The smallest absolute Gasteiger partial charge is 0.283 e. The number of halogens is 1. The lowest BCUT2D eigenvalue weighted by atomic mass is 10.2. The van der Waals surface area contributed by atoms with Crippen LogP contribution in [0.15, 0.2) is 125 Å². The number of imide groups is 1. The number of benzene rings is 4. The van der Waals surface area contributed by atoms with E-state index in [1.165, 1.54) is 16.7 Å². The molecule has 0 saturated heterocycles. The molecule has 5 rings (SSSR count). The number of thioether (sulfide) groups is 1. The Bertz CT molecular complexity index is 1420. The van der Waals surface area contributed by atoms with E-state index in [9.17, 15) is 9.59 Å². The van der Waals surface area contributed by atoms with Gasteiger partial charge in [0.2, 0.25) is 0 Å². The molecule has 0 atom stereocenters. The van der Waals surface area contributed by atoms with Gasteiger partial charge >= 0.3 is 0 Å². The largest absolute Gasteiger partial charge is 0.457 e. The second-order valence-electron chi connectivity index (χ2n) is 7.98. The van der Waals surface area contributed by atoms with Crippen molar-refractivity contribution in [3.8, 4) is 11.5 Å². The number of rotatable bonds is 7. The van der Waals surface area contributed by atoms with Gasteiger partial charge in [-0.15, -0.1) is 0 Å². The maximum Gasteiger partial charge on any atom is 0.283 e. The van der Waals surface area contributed by atoms with Crippen molar-refractivity contribution in [3.05, 3.63) is 125 Å². The molecule has 0 N–H and O–H groups in total. The summed E-state index contributed by atoms with van der Waals surface area (Å²) in [7, 11) is 1.79. The van der Waals surface area contributed by atoms with E-state index in [2.05, 4.69) is 0 Å². The van der Waals surface area contributed by atoms with Crippen LogP contribution in [0, 0.1) is 0 Å². The summed E-state index contributed by atoms with van der Waals surface area (Å²) in [6, 6.07) is 33.0. The molecule has 0 unspecified atom stereocenters. The molecule has 1 aliphatic rings. The predicted octanol–water partition coefficient (Wildman–Crippen LogP) is 7.15. The van der Waals surface area contributed by atoms with Crippen LogP contribution in [0.3, 0.4) is 0 Å². The van der Waals surface area contributed by atoms with Gasteiger partial charge in [0, 0.05) is 22.7 Å². The fourth-order valence-corrected chi connectivity index (χ4v) is 4.94. The summed E-state index contributed by atoms with van der Waals surface area (Å²) in [6.07, 6.45) is 0. The Morgan fingerprint density at radius 1 is 0.722 bits per heavy atom. The summed E-state index contributed by atoms with van der Waals surface area (Å²) >= 11 is 7.29. The predicted molar refractivity (Wildman–Crippen MR) is 145 cm³/mol. The van der Waals surface area contributed by atoms with E-state index in [0.717, 1.165) is 10.6 Å². The molecule has 178 valence electrons. The van der Waals surface area contributed by atoms with Crippen molar-refractivity contribution in [3.63, 3.8) is 0 Å². The van der Waals surface area contributed by atoms with E-state index in [-0.39, 0.29) is 11.8 Å². The number of carbonyl (C=O) groups is 2. The molecule has 7 heteroatoms. The first-order chi connectivity index (χ1) is 17.5. The molecule has 1 heterocycles. The van der Waals surface area contributed by atoms with Gasteiger partial charge in [-0.3, -0.25) is 9.59 Å². The third kappa shape index (κ3) is 4.87. The topological polar surface area (TPSA) is 49.9 Å². The van der Waals surface area contributed by atoms with Gasteiger partial charge in [0.1, 0.15) is 22.1 Å². The number of anilines is 2. The number of nitrogens with zero attached hydrogens (tertiary/aromatic N) is 2. The van der Waals surface area contributed by atoms with Crippen molar-refractivity contribution >= 4 is 46.6 Å². The molecule has 0 fully saturated rings. The second kappa shape index (κ2) is 10.3. The molecule has 5 nitrogen and oxygen atoms in total. The van der Waals surface area contributed by atoms with Gasteiger partial charge in [-0.25, -0.2) is 4.90 Å². The van der Waals surface area contributed by atoms with Crippen molar-refractivity contribution in [1.29, 1.82) is 0 Å². The second-order valence-corrected chi connectivity index (χ2v) is 9.50. The first-order valence-corrected chi connectivity index (χ1v) is 12.4. The van der Waals surface area contributed by atoms with Crippen LogP contribution < -0.4 is 14.5 Å². The van der Waals surface area contributed by atoms with Gasteiger partial charge in [-0.1, -0.05) is 59.8 Å². The normalized spacial score (nSPS) is 13.3. The molecule has 0 aromatic heterocycles. The maximum absolute atomic E-state index is 13.7. The minimum Gasteiger partial charge on any atom is -0.457 e. The first kappa shape index (κ1) is 23.7. The van der Waals surface area contributed by atoms with E-state index in [4.69, 9.17) is 16.3 Å². The molecule has 0 saturated carbocycles. The van der Waals surface area contributed by atoms with Gasteiger partial charge in [0.15, 0.2) is 0 Å². The number of amides is 2. The zero-order valence-corrected chi connectivity index (χ0v) is 20.9. The van der Waals surface area contributed by atoms with Gasteiger partial charge in [0.05, 0.1) is 5.69 Å². The van der Waals surface area contributed by atoms with Crippen LogP contribution in [0.2, 0.25) is 5.02 Å². The first-order valence-electron chi connectivity index (χ1n) is 11.2. The molecular formula is C29H21ClN2O3S.